The minimum absolute atomic E-state index is 0.0577. The van der Waals surface area contributed by atoms with Crippen LogP contribution in [0.2, 0.25) is 0 Å². The monoisotopic (exact) mass is 469 g/mol. The molecule has 0 bridgehead atoms. The van der Waals surface area contributed by atoms with Crippen molar-refractivity contribution < 1.29 is 17.9 Å². The number of hydrogen-bond acceptors (Lipinski definition) is 7. The van der Waals surface area contributed by atoms with E-state index in [2.05, 4.69) is 15.2 Å². The summed E-state index contributed by atoms with van der Waals surface area (Å²) in [7, 11) is -2.38. The van der Waals surface area contributed by atoms with Crippen molar-refractivity contribution in [3.05, 3.63) is 30.0 Å². The molecule has 1 aliphatic rings. The zero-order valence-corrected chi connectivity index (χ0v) is 20.1. The Morgan fingerprint density at radius 1 is 1.26 bits per heavy atom. The van der Waals surface area contributed by atoms with Gasteiger partial charge >= 0.3 is 6.03 Å². The van der Waals surface area contributed by atoms with Crippen molar-refractivity contribution >= 4 is 43.9 Å². The summed E-state index contributed by atoms with van der Waals surface area (Å²) < 4.78 is 28.4. The lowest BCUT2D eigenvalue weighted by molar-refractivity contribution is 0.204. The van der Waals surface area contributed by atoms with E-state index in [1.165, 1.54) is 24.9 Å². The van der Waals surface area contributed by atoms with Gasteiger partial charge in [-0.05, 0) is 44.0 Å². The number of thiazole rings is 1. The number of primary sulfonamides is 1. The number of hydrogen-bond donors (Lipinski definition) is 2. The number of sulfonamides is 1. The number of nitrogens with one attached hydrogen (secondary N) is 1. The second kappa shape index (κ2) is 11.4. The fraction of sp³-hybridized carbons (Fsp3) is 0.500. The van der Waals surface area contributed by atoms with Crippen molar-refractivity contribution in [1.82, 2.24) is 4.98 Å². The Morgan fingerprint density at radius 3 is 2.39 bits per heavy atom. The number of methoxy groups -OCH3 is 1. The molecule has 1 aliphatic heterocycles. The maximum atomic E-state index is 12.9. The van der Waals surface area contributed by atoms with E-state index in [1.807, 2.05) is 38.1 Å². The van der Waals surface area contributed by atoms with Gasteiger partial charge in [0.25, 0.3) is 0 Å². The number of aromatic nitrogens is 1. The van der Waals surface area contributed by atoms with Crippen molar-refractivity contribution in [2.45, 2.75) is 37.8 Å². The topological polar surface area (TPSA) is 118 Å². The highest BCUT2D eigenvalue weighted by atomic mass is 32.2. The third-order valence-electron chi connectivity index (χ3n) is 4.59. The van der Waals surface area contributed by atoms with Crippen molar-refractivity contribution in [3.63, 3.8) is 0 Å². The smallest absolute Gasteiger partial charge is 0.328 e. The van der Waals surface area contributed by atoms with E-state index in [4.69, 9.17) is 9.88 Å². The molecule has 172 valence electrons. The number of anilines is 3. The Balaban J connectivity index is 0.00000166. The van der Waals surface area contributed by atoms with Crippen molar-refractivity contribution in [3.8, 4) is 0 Å². The van der Waals surface area contributed by atoms with Crippen LogP contribution in [0.1, 0.15) is 32.4 Å². The molecule has 0 spiro atoms. The molecule has 0 aliphatic carbocycles. The summed E-state index contributed by atoms with van der Waals surface area (Å²) in [6, 6.07) is 7.23. The molecule has 31 heavy (non-hydrogen) atoms. The standard InChI is InChI=1S/C18H25N5O4S2.C2H6/c1-13-16(29(19,25)26)28-18(20-13)23(11-12-27-2)17(24)21-14-5-7-15(8-6-14)22-9-3-4-10-22;1-2/h5-8H,3-4,9-12H2,1-2H3,(H,21,24)(H2,19,25,26);1-2H3. The molecule has 2 amide bonds. The fourth-order valence-corrected chi connectivity index (χ4v) is 5.11. The lowest BCUT2D eigenvalue weighted by atomic mass is 10.2. The molecule has 1 aromatic heterocycles. The number of aryl methyl sites for hydroxylation is 1. The first-order chi connectivity index (χ1) is 14.8. The Morgan fingerprint density at radius 2 is 1.87 bits per heavy atom. The molecule has 1 aromatic carbocycles. The zero-order chi connectivity index (χ0) is 23.0. The van der Waals surface area contributed by atoms with Gasteiger partial charge in [-0.1, -0.05) is 25.2 Å². The molecule has 0 radical (unpaired) electrons. The van der Waals surface area contributed by atoms with Crippen molar-refractivity contribution in [2.75, 3.05) is 48.5 Å². The summed E-state index contributed by atoms with van der Waals surface area (Å²) in [4.78, 5) is 20.7. The predicted octanol–water partition coefficient (Wildman–Crippen LogP) is 3.41. The first-order valence-electron chi connectivity index (χ1n) is 10.2. The van der Waals surface area contributed by atoms with E-state index in [9.17, 15) is 13.2 Å². The summed E-state index contributed by atoms with van der Waals surface area (Å²) in [6.07, 6.45) is 2.39. The molecule has 1 saturated heterocycles. The first-order valence-corrected chi connectivity index (χ1v) is 12.6. The summed E-state index contributed by atoms with van der Waals surface area (Å²) in [5, 5.41) is 8.31. The summed E-state index contributed by atoms with van der Waals surface area (Å²) in [5.41, 5.74) is 2.03. The van der Waals surface area contributed by atoms with Crippen LogP contribution in [0.15, 0.2) is 28.5 Å². The van der Waals surface area contributed by atoms with Crippen LogP contribution in [-0.2, 0) is 14.8 Å². The van der Waals surface area contributed by atoms with Crippen LogP contribution in [-0.4, -0.2) is 52.8 Å². The van der Waals surface area contributed by atoms with Gasteiger partial charge in [-0.25, -0.2) is 23.3 Å². The van der Waals surface area contributed by atoms with Crippen molar-refractivity contribution in [1.29, 1.82) is 0 Å². The summed E-state index contributed by atoms with van der Waals surface area (Å²) >= 11 is 0.862. The Kier molecular flexibility index (Phi) is 9.23. The van der Waals surface area contributed by atoms with Gasteiger partial charge in [-0.2, -0.15) is 0 Å². The second-order valence-electron chi connectivity index (χ2n) is 6.73. The molecule has 0 unspecified atom stereocenters. The molecule has 2 heterocycles. The van der Waals surface area contributed by atoms with Crippen LogP contribution in [0.4, 0.5) is 21.3 Å². The molecule has 3 rings (SSSR count). The second-order valence-corrected chi connectivity index (χ2v) is 9.46. The Bertz CT molecular complexity index is 954. The van der Waals surface area contributed by atoms with Crippen LogP contribution < -0.4 is 20.3 Å². The number of amides is 2. The van der Waals surface area contributed by atoms with Crippen LogP contribution in [0.5, 0.6) is 0 Å². The van der Waals surface area contributed by atoms with Crippen molar-refractivity contribution in [2.24, 2.45) is 5.14 Å². The highest BCUT2D eigenvalue weighted by molar-refractivity contribution is 7.91. The van der Waals surface area contributed by atoms with Gasteiger partial charge in [-0.3, -0.25) is 4.90 Å². The van der Waals surface area contributed by atoms with Gasteiger partial charge in [0.15, 0.2) is 9.34 Å². The first kappa shape index (κ1) is 25.1. The highest BCUT2D eigenvalue weighted by Gasteiger charge is 2.24. The molecule has 0 saturated carbocycles. The van der Waals surface area contributed by atoms with E-state index in [1.54, 1.807) is 6.92 Å². The van der Waals surface area contributed by atoms with E-state index >= 15 is 0 Å². The maximum absolute atomic E-state index is 12.9. The summed E-state index contributed by atoms with van der Waals surface area (Å²) in [5.74, 6) is 0. The van der Waals surface area contributed by atoms with Gasteiger partial charge in [0.2, 0.25) is 10.0 Å². The molecular formula is C20H31N5O4S2. The Hall–Kier alpha value is -2.21. The van der Waals surface area contributed by atoms with E-state index in [0.29, 0.717) is 5.69 Å². The van der Waals surface area contributed by atoms with E-state index < -0.39 is 16.1 Å². The van der Waals surface area contributed by atoms with E-state index in [0.717, 1.165) is 30.1 Å². The van der Waals surface area contributed by atoms with Gasteiger partial charge in [0.1, 0.15) is 0 Å². The summed E-state index contributed by atoms with van der Waals surface area (Å²) in [6.45, 7) is 8.12. The number of carbonyl (C=O) groups is 1. The molecule has 3 N–H and O–H groups in total. The zero-order valence-electron chi connectivity index (χ0n) is 18.4. The number of carbonyl (C=O) groups excluding carboxylic acids is 1. The molecule has 0 atom stereocenters. The SMILES string of the molecule is CC.COCCN(C(=O)Nc1ccc(N2CCCC2)cc1)c1nc(C)c(S(N)(=O)=O)s1. The third kappa shape index (κ3) is 6.63. The lowest BCUT2D eigenvalue weighted by Crippen LogP contribution is -2.37. The van der Waals surface area contributed by atoms with Gasteiger partial charge < -0.3 is 15.0 Å². The average Bonchev–Trinajstić information content (AvgIpc) is 3.40. The fourth-order valence-electron chi connectivity index (χ4n) is 3.14. The quantitative estimate of drug-likeness (QED) is 0.642. The van der Waals surface area contributed by atoms with E-state index in [-0.39, 0.29) is 28.2 Å². The van der Waals surface area contributed by atoms with Crippen LogP contribution >= 0.6 is 11.3 Å². The largest absolute Gasteiger partial charge is 0.383 e. The third-order valence-corrected chi connectivity index (χ3v) is 7.32. The van der Waals surface area contributed by atoms with Crippen LogP contribution in [0.3, 0.4) is 0 Å². The van der Waals surface area contributed by atoms with Crippen LogP contribution in [0, 0.1) is 6.92 Å². The predicted molar refractivity (Wildman–Crippen MR) is 126 cm³/mol. The Labute approximate surface area is 188 Å². The maximum Gasteiger partial charge on any atom is 0.328 e. The number of benzene rings is 1. The number of urea groups is 1. The van der Waals surface area contributed by atoms with Gasteiger partial charge in [0.05, 0.1) is 18.8 Å². The molecular weight excluding hydrogens is 438 g/mol. The number of nitrogens with zero attached hydrogens (tertiary/aromatic N) is 3. The minimum Gasteiger partial charge on any atom is -0.383 e. The average molecular weight is 470 g/mol. The van der Waals surface area contributed by atoms with Gasteiger partial charge in [0, 0.05) is 31.6 Å². The molecule has 1 fully saturated rings. The highest BCUT2D eigenvalue weighted by Crippen LogP contribution is 2.29. The minimum atomic E-state index is -3.90. The number of nitrogens with two attached hydrogens (primary N) is 1. The number of rotatable bonds is 7. The van der Waals surface area contributed by atoms with Crippen LogP contribution in [0.25, 0.3) is 0 Å². The lowest BCUT2D eigenvalue weighted by Gasteiger charge is -2.21. The molecule has 2 aromatic rings. The number of ether oxygens (including phenoxy) is 1. The normalized spacial score (nSPS) is 13.5. The molecule has 11 heteroatoms. The van der Waals surface area contributed by atoms with Gasteiger partial charge in [-0.15, -0.1) is 0 Å². The molecule has 9 nitrogen and oxygen atoms in total.